The fourth-order valence-corrected chi connectivity index (χ4v) is 3.51. The molecule has 3 N–H and O–H groups in total. The number of cyclic esters (lactones) is 1. The molecule has 3 heterocycles. The second-order valence-corrected chi connectivity index (χ2v) is 6.79. The molecule has 0 unspecified atom stereocenters. The maximum absolute atomic E-state index is 11.9. The Kier molecular flexibility index (Phi) is 7.07. The lowest BCUT2D eigenvalue weighted by molar-refractivity contribution is 0.126. The summed E-state index contributed by atoms with van der Waals surface area (Å²) in [5.41, 5.74) is 9.37. The summed E-state index contributed by atoms with van der Waals surface area (Å²) in [5.74, 6) is 1.23. The molecule has 1 amide bonds. The van der Waals surface area contributed by atoms with Crippen molar-refractivity contribution in [1.82, 2.24) is 14.5 Å². The first kappa shape index (κ1) is 21.8. The van der Waals surface area contributed by atoms with E-state index in [1.165, 1.54) is 0 Å². The van der Waals surface area contributed by atoms with E-state index in [1.807, 2.05) is 25.1 Å². The number of anilines is 2. The van der Waals surface area contributed by atoms with Gasteiger partial charge in [-0.05, 0) is 38.5 Å². The number of rotatable bonds is 6. The highest BCUT2D eigenvalue weighted by Gasteiger charge is 2.24. The van der Waals surface area contributed by atoms with Crippen LogP contribution >= 0.6 is 0 Å². The van der Waals surface area contributed by atoms with Crippen molar-refractivity contribution in [1.29, 1.82) is 0 Å². The summed E-state index contributed by atoms with van der Waals surface area (Å²) in [4.78, 5) is 22.7. The van der Waals surface area contributed by atoms with Crippen LogP contribution in [-0.4, -0.2) is 52.1 Å². The van der Waals surface area contributed by atoms with Crippen LogP contribution in [0.1, 0.15) is 33.0 Å². The highest BCUT2D eigenvalue weighted by molar-refractivity contribution is 6.08. The van der Waals surface area contributed by atoms with E-state index in [0.29, 0.717) is 37.7 Å². The summed E-state index contributed by atoms with van der Waals surface area (Å²) in [5, 5.41) is 8.53. The van der Waals surface area contributed by atoms with Crippen molar-refractivity contribution in [2.75, 3.05) is 37.0 Å². The van der Waals surface area contributed by atoms with Gasteiger partial charge in [-0.15, -0.1) is 0 Å². The molecule has 1 aromatic carbocycles. The molecule has 4 rings (SSSR count). The number of carbonyl (C=O) groups is 1. The van der Waals surface area contributed by atoms with Gasteiger partial charge in [-0.2, -0.15) is 0 Å². The largest absolute Gasteiger partial charge is 0.447 e. The number of aliphatic hydroxyl groups excluding tert-OH is 1. The van der Waals surface area contributed by atoms with Gasteiger partial charge in [0.2, 0.25) is 0 Å². The van der Waals surface area contributed by atoms with Gasteiger partial charge in [0.25, 0.3) is 0 Å². The minimum atomic E-state index is -0.335. The maximum Gasteiger partial charge on any atom is 0.414 e. The third-order valence-corrected chi connectivity index (χ3v) is 4.72. The van der Waals surface area contributed by atoms with E-state index in [4.69, 9.17) is 25.3 Å². The minimum Gasteiger partial charge on any atom is -0.447 e. The Morgan fingerprint density at radius 2 is 2.03 bits per heavy atom. The van der Waals surface area contributed by atoms with Gasteiger partial charge in [0.15, 0.2) is 5.82 Å². The number of pyridine rings is 1. The lowest BCUT2D eigenvalue weighted by Gasteiger charge is -2.14. The number of ether oxygens (including phenoxy) is 2. The van der Waals surface area contributed by atoms with Gasteiger partial charge < -0.3 is 24.9 Å². The van der Waals surface area contributed by atoms with Gasteiger partial charge in [-0.3, -0.25) is 4.90 Å². The topological polar surface area (TPSA) is 116 Å². The molecule has 1 aliphatic heterocycles. The summed E-state index contributed by atoms with van der Waals surface area (Å²) in [6.45, 7) is 8.83. The van der Waals surface area contributed by atoms with Crippen LogP contribution in [0.5, 0.6) is 0 Å². The molecule has 0 bridgehead atoms. The molecule has 30 heavy (non-hydrogen) atoms. The Morgan fingerprint density at radius 3 is 2.67 bits per heavy atom. The number of hydrogen-bond donors (Lipinski definition) is 2. The number of benzene rings is 1. The predicted molar refractivity (Wildman–Crippen MR) is 117 cm³/mol. The Morgan fingerprint density at radius 1 is 1.27 bits per heavy atom. The zero-order chi connectivity index (χ0) is 21.7. The van der Waals surface area contributed by atoms with Gasteiger partial charge in [-0.25, -0.2) is 14.8 Å². The monoisotopic (exact) mass is 415 g/mol. The molecular formula is C21H29N5O4. The number of imidazole rings is 1. The first-order valence-electron chi connectivity index (χ1n) is 10.3. The number of aliphatic hydroxyl groups is 1. The second-order valence-electron chi connectivity index (χ2n) is 6.79. The summed E-state index contributed by atoms with van der Waals surface area (Å²) < 4.78 is 12.8. The number of aromatic nitrogens is 3. The van der Waals surface area contributed by atoms with Gasteiger partial charge in [0, 0.05) is 30.8 Å². The Labute approximate surface area is 175 Å². The predicted octanol–water partition coefficient (Wildman–Crippen LogP) is 3.07. The van der Waals surface area contributed by atoms with Crippen molar-refractivity contribution in [3.05, 3.63) is 24.0 Å². The Balaban J connectivity index is 0.000000806. The molecule has 162 valence electrons. The maximum atomic E-state index is 11.9. The number of hydrogen-bond acceptors (Lipinski definition) is 7. The zero-order valence-electron chi connectivity index (χ0n) is 17.7. The smallest absolute Gasteiger partial charge is 0.414 e. The van der Waals surface area contributed by atoms with E-state index in [1.54, 1.807) is 11.8 Å². The number of nitrogens with zero attached hydrogens (tertiary/aromatic N) is 4. The summed E-state index contributed by atoms with van der Waals surface area (Å²) in [6.07, 6.45) is 0.630. The zero-order valence-corrected chi connectivity index (χ0v) is 17.7. The minimum absolute atomic E-state index is 0.250. The quantitative estimate of drug-likeness (QED) is 0.635. The van der Waals surface area contributed by atoms with Crippen LogP contribution in [-0.2, 0) is 22.6 Å². The van der Waals surface area contributed by atoms with Gasteiger partial charge in [0.05, 0.1) is 17.6 Å². The van der Waals surface area contributed by atoms with Crippen LogP contribution in [0.2, 0.25) is 0 Å². The van der Waals surface area contributed by atoms with Crippen molar-refractivity contribution in [2.45, 2.75) is 40.3 Å². The highest BCUT2D eigenvalue weighted by atomic mass is 16.6. The first-order chi connectivity index (χ1) is 14.5. The van der Waals surface area contributed by atoms with Gasteiger partial charge >= 0.3 is 6.09 Å². The molecule has 3 aromatic rings. The molecule has 0 atom stereocenters. The number of nitrogens with two attached hydrogens (primary N) is 1. The van der Waals surface area contributed by atoms with Crippen molar-refractivity contribution < 1.29 is 19.4 Å². The number of amides is 1. The lowest BCUT2D eigenvalue weighted by atomic mass is 10.1. The van der Waals surface area contributed by atoms with Crippen molar-refractivity contribution >= 4 is 39.5 Å². The van der Waals surface area contributed by atoms with Crippen LogP contribution < -0.4 is 10.6 Å². The van der Waals surface area contributed by atoms with E-state index in [-0.39, 0.29) is 12.7 Å². The van der Waals surface area contributed by atoms with Crippen molar-refractivity contribution in [3.63, 3.8) is 0 Å². The third-order valence-electron chi connectivity index (χ3n) is 4.72. The SMILES string of the molecule is CCCn1c(COCC)nc2c(N)nc3cc(N4CCOC4=O)ccc3c21.CCO. The van der Waals surface area contributed by atoms with E-state index in [0.717, 1.165) is 40.9 Å². The van der Waals surface area contributed by atoms with Crippen LogP contribution in [0.25, 0.3) is 21.9 Å². The van der Waals surface area contributed by atoms with Crippen LogP contribution in [0.15, 0.2) is 18.2 Å². The molecule has 1 aliphatic rings. The van der Waals surface area contributed by atoms with Crippen molar-refractivity contribution in [3.8, 4) is 0 Å². The van der Waals surface area contributed by atoms with Crippen LogP contribution in [0.4, 0.5) is 16.3 Å². The third kappa shape index (κ3) is 4.17. The molecule has 1 saturated heterocycles. The van der Waals surface area contributed by atoms with E-state index < -0.39 is 0 Å². The molecule has 9 nitrogen and oxygen atoms in total. The molecule has 0 radical (unpaired) electrons. The van der Waals surface area contributed by atoms with Gasteiger partial charge in [0.1, 0.15) is 24.6 Å². The fourth-order valence-electron chi connectivity index (χ4n) is 3.51. The molecular weight excluding hydrogens is 386 g/mol. The number of aryl methyl sites for hydroxylation is 1. The van der Waals surface area contributed by atoms with Crippen molar-refractivity contribution in [2.24, 2.45) is 0 Å². The Bertz CT molecular complexity index is 1030. The second kappa shape index (κ2) is 9.73. The molecule has 9 heteroatoms. The lowest BCUT2D eigenvalue weighted by Crippen LogP contribution is -2.23. The summed E-state index contributed by atoms with van der Waals surface area (Å²) in [6, 6.07) is 5.77. The molecule has 0 saturated carbocycles. The van der Waals surface area contributed by atoms with Crippen LogP contribution in [0.3, 0.4) is 0 Å². The van der Waals surface area contributed by atoms with E-state index >= 15 is 0 Å². The molecule has 1 fully saturated rings. The average molecular weight is 415 g/mol. The van der Waals surface area contributed by atoms with E-state index in [2.05, 4.69) is 16.5 Å². The standard InChI is InChI=1S/C19H23N5O3.C2H6O/c1-3-7-24-15(11-26-4-2)22-16-17(24)13-6-5-12(10-14(13)21-18(16)20)23-8-9-27-19(23)25;1-2-3/h5-6,10H,3-4,7-9,11H2,1-2H3,(H2,20,21);3H,2H2,1H3. The van der Waals surface area contributed by atoms with E-state index in [9.17, 15) is 4.79 Å². The summed E-state index contributed by atoms with van der Waals surface area (Å²) in [7, 11) is 0. The van der Waals surface area contributed by atoms with Crippen LogP contribution in [0, 0.1) is 0 Å². The normalized spacial score (nSPS) is 13.6. The highest BCUT2D eigenvalue weighted by Crippen LogP contribution is 2.32. The molecule has 2 aromatic heterocycles. The number of fused-ring (bicyclic) bond motifs is 3. The number of nitrogen functional groups attached to an aromatic ring is 1. The first-order valence-corrected chi connectivity index (χ1v) is 10.3. The van der Waals surface area contributed by atoms with Gasteiger partial charge in [-0.1, -0.05) is 6.92 Å². The number of carbonyl (C=O) groups excluding carboxylic acids is 1. The molecule has 0 spiro atoms. The Hall–Kier alpha value is -2.91. The molecule has 0 aliphatic carbocycles. The fraction of sp³-hybridized carbons (Fsp3) is 0.476. The average Bonchev–Trinajstić information content (AvgIpc) is 3.31. The summed E-state index contributed by atoms with van der Waals surface area (Å²) >= 11 is 0.